The lowest BCUT2D eigenvalue weighted by Gasteiger charge is -2.16. The molecule has 0 radical (unpaired) electrons. The van der Waals surface area contributed by atoms with Crippen molar-refractivity contribution in [1.82, 2.24) is 10.3 Å². The Balaban J connectivity index is 2.07. The van der Waals surface area contributed by atoms with E-state index < -0.39 is 0 Å². The maximum absolute atomic E-state index is 13.7. The minimum absolute atomic E-state index is 0.127. The summed E-state index contributed by atoms with van der Waals surface area (Å²) in [5, 5.41) is 3.18. The zero-order valence-electron chi connectivity index (χ0n) is 11.4. The standard InChI is InChI=1S/C16H18BrFN2/c1-19-10-12(8-13-4-2-3-5-16(13)18)9-15-7-6-14(17)11-20-15/h2-7,11-12,19H,8-10H2,1H3. The third-order valence-corrected chi connectivity index (χ3v) is 3.71. The largest absolute Gasteiger partial charge is 0.319 e. The van der Waals surface area contributed by atoms with Crippen LogP contribution in [-0.2, 0) is 12.8 Å². The Kier molecular flexibility index (Phi) is 5.68. The van der Waals surface area contributed by atoms with Crippen LogP contribution in [-0.4, -0.2) is 18.6 Å². The van der Waals surface area contributed by atoms with Crippen molar-refractivity contribution in [3.63, 3.8) is 0 Å². The van der Waals surface area contributed by atoms with Gasteiger partial charge in [0.2, 0.25) is 0 Å². The van der Waals surface area contributed by atoms with E-state index in [0.717, 1.165) is 28.7 Å². The van der Waals surface area contributed by atoms with Crippen molar-refractivity contribution in [2.45, 2.75) is 12.8 Å². The molecule has 0 aliphatic rings. The molecular weight excluding hydrogens is 319 g/mol. The molecule has 20 heavy (non-hydrogen) atoms. The third kappa shape index (κ3) is 4.39. The molecule has 1 heterocycles. The van der Waals surface area contributed by atoms with Crippen LogP contribution in [0.5, 0.6) is 0 Å². The van der Waals surface area contributed by atoms with Crippen LogP contribution in [0.1, 0.15) is 11.3 Å². The first-order chi connectivity index (χ1) is 9.69. The number of nitrogens with zero attached hydrogens (tertiary/aromatic N) is 1. The summed E-state index contributed by atoms with van der Waals surface area (Å²) in [6.07, 6.45) is 3.35. The molecule has 1 atom stereocenters. The number of hydrogen-bond acceptors (Lipinski definition) is 2. The number of pyridine rings is 1. The summed E-state index contributed by atoms with van der Waals surface area (Å²) in [6, 6.07) is 11.0. The molecule has 0 bridgehead atoms. The van der Waals surface area contributed by atoms with Gasteiger partial charge in [0.1, 0.15) is 5.82 Å². The van der Waals surface area contributed by atoms with Crippen molar-refractivity contribution in [2.24, 2.45) is 5.92 Å². The van der Waals surface area contributed by atoms with Crippen LogP contribution in [0.15, 0.2) is 47.1 Å². The van der Waals surface area contributed by atoms with Crippen LogP contribution < -0.4 is 5.32 Å². The molecule has 0 saturated carbocycles. The van der Waals surface area contributed by atoms with E-state index in [1.807, 2.05) is 31.3 Å². The second kappa shape index (κ2) is 7.50. The zero-order valence-corrected chi connectivity index (χ0v) is 13.0. The van der Waals surface area contributed by atoms with Crippen molar-refractivity contribution < 1.29 is 4.39 Å². The molecule has 0 amide bonds. The fourth-order valence-corrected chi connectivity index (χ4v) is 2.54. The van der Waals surface area contributed by atoms with Gasteiger partial charge in [0.25, 0.3) is 0 Å². The lowest BCUT2D eigenvalue weighted by molar-refractivity contribution is 0.475. The van der Waals surface area contributed by atoms with Crippen molar-refractivity contribution in [1.29, 1.82) is 0 Å². The van der Waals surface area contributed by atoms with Gasteiger partial charge in [-0.1, -0.05) is 18.2 Å². The van der Waals surface area contributed by atoms with Crippen LogP contribution in [0.25, 0.3) is 0 Å². The van der Waals surface area contributed by atoms with E-state index in [0.29, 0.717) is 12.3 Å². The molecule has 2 nitrogen and oxygen atoms in total. The van der Waals surface area contributed by atoms with E-state index in [9.17, 15) is 4.39 Å². The molecule has 106 valence electrons. The van der Waals surface area contributed by atoms with Crippen molar-refractivity contribution in [2.75, 3.05) is 13.6 Å². The van der Waals surface area contributed by atoms with E-state index in [4.69, 9.17) is 0 Å². The molecule has 1 unspecified atom stereocenters. The van der Waals surface area contributed by atoms with Gasteiger partial charge in [0.15, 0.2) is 0 Å². The van der Waals surface area contributed by atoms with Gasteiger partial charge in [0, 0.05) is 16.4 Å². The molecule has 2 rings (SSSR count). The molecule has 1 aromatic carbocycles. The topological polar surface area (TPSA) is 24.9 Å². The third-order valence-electron chi connectivity index (χ3n) is 3.25. The predicted molar refractivity (Wildman–Crippen MR) is 83.2 cm³/mol. The van der Waals surface area contributed by atoms with Gasteiger partial charge in [-0.3, -0.25) is 4.98 Å². The predicted octanol–water partition coefficient (Wildman–Crippen LogP) is 3.60. The molecule has 1 aromatic heterocycles. The monoisotopic (exact) mass is 336 g/mol. The second-order valence-electron chi connectivity index (χ2n) is 4.89. The summed E-state index contributed by atoms with van der Waals surface area (Å²) in [5.41, 5.74) is 1.80. The molecule has 2 aromatic rings. The number of benzene rings is 1. The molecule has 1 N–H and O–H groups in total. The van der Waals surface area contributed by atoms with Crippen LogP contribution in [0.2, 0.25) is 0 Å². The van der Waals surface area contributed by atoms with Crippen LogP contribution in [0.3, 0.4) is 0 Å². The number of hydrogen-bond donors (Lipinski definition) is 1. The van der Waals surface area contributed by atoms with E-state index >= 15 is 0 Å². The molecule has 0 spiro atoms. The summed E-state index contributed by atoms with van der Waals surface area (Å²) in [4.78, 5) is 4.40. The molecule has 0 aliphatic carbocycles. The Morgan fingerprint density at radius 1 is 1.20 bits per heavy atom. The number of nitrogens with one attached hydrogen (secondary N) is 1. The summed E-state index contributed by atoms with van der Waals surface area (Å²) in [5.74, 6) is 0.197. The normalized spacial score (nSPS) is 12.3. The lowest BCUT2D eigenvalue weighted by atomic mass is 9.94. The maximum atomic E-state index is 13.7. The summed E-state index contributed by atoms with van der Waals surface area (Å²) < 4.78 is 14.7. The van der Waals surface area contributed by atoms with E-state index in [1.165, 1.54) is 6.07 Å². The highest BCUT2D eigenvalue weighted by molar-refractivity contribution is 9.10. The van der Waals surface area contributed by atoms with Gasteiger partial charge >= 0.3 is 0 Å². The van der Waals surface area contributed by atoms with Gasteiger partial charge in [0.05, 0.1) is 0 Å². The van der Waals surface area contributed by atoms with Gasteiger partial charge in [-0.25, -0.2) is 4.39 Å². The average Bonchev–Trinajstić information content (AvgIpc) is 2.44. The minimum Gasteiger partial charge on any atom is -0.319 e. The molecule has 4 heteroatoms. The highest BCUT2D eigenvalue weighted by atomic mass is 79.9. The van der Waals surface area contributed by atoms with Gasteiger partial charge in [-0.15, -0.1) is 0 Å². The maximum Gasteiger partial charge on any atom is 0.126 e. The fourth-order valence-electron chi connectivity index (χ4n) is 2.30. The lowest BCUT2D eigenvalue weighted by Crippen LogP contribution is -2.23. The van der Waals surface area contributed by atoms with Crippen molar-refractivity contribution in [3.8, 4) is 0 Å². The molecular formula is C16H18BrFN2. The first kappa shape index (κ1) is 15.1. The van der Waals surface area contributed by atoms with Gasteiger partial charge < -0.3 is 5.32 Å². The number of halogens is 2. The van der Waals surface area contributed by atoms with Crippen LogP contribution in [0, 0.1) is 11.7 Å². The summed E-state index contributed by atoms with van der Waals surface area (Å²) in [7, 11) is 1.92. The second-order valence-corrected chi connectivity index (χ2v) is 5.81. The molecule has 0 aliphatic heterocycles. The highest BCUT2D eigenvalue weighted by Gasteiger charge is 2.13. The summed E-state index contributed by atoms with van der Waals surface area (Å²) in [6.45, 7) is 0.839. The summed E-state index contributed by atoms with van der Waals surface area (Å²) >= 11 is 3.38. The van der Waals surface area contributed by atoms with E-state index in [1.54, 1.807) is 12.3 Å². The van der Waals surface area contributed by atoms with Crippen LogP contribution in [0.4, 0.5) is 4.39 Å². The molecule has 0 fully saturated rings. The first-order valence-corrected chi connectivity index (χ1v) is 7.46. The highest BCUT2D eigenvalue weighted by Crippen LogP contribution is 2.17. The Morgan fingerprint density at radius 3 is 2.65 bits per heavy atom. The Labute approximate surface area is 127 Å². The first-order valence-electron chi connectivity index (χ1n) is 6.67. The Bertz CT molecular complexity index is 542. The molecule has 0 saturated heterocycles. The van der Waals surface area contributed by atoms with Crippen LogP contribution >= 0.6 is 15.9 Å². The number of aromatic nitrogens is 1. The number of rotatable bonds is 6. The SMILES string of the molecule is CNCC(Cc1ccc(Br)cn1)Cc1ccccc1F. The van der Waals surface area contributed by atoms with Gasteiger partial charge in [-0.05, 0) is 72.0 Å². The smallest absolute Gasteiger partial charge is 0.126 e. The van der Waals surface area contributed by atoms with E-state index in [-0.39, 0.29) is 5.82 Å². The average molecular weight is 337 g/mol. The van der Waals surface area contributed by atoms with Crippen molar-refractivity contribution >= 4 is 15.9 Å². The van der Waals surface area contributed by atoms with E-state index in [2.05, 4.69) is 26.2 Å². The quantitative estimate of drug-likeness (QED) is 0.871. The van der Waals surface area contributed by atoms with Crippen molar-refractivity contribution in [3.05, 3.63) is 64.1 Å². The Morgan fingerprint density at radius 2 is 2.00 bits per heavy atom. The van der Waals surface area contributed by atoms with Gasteiger partial charge in [-0.2, -0.15) is 0 Å². The minimum atomic E-state index is -0.127. The Hall–Kier alpha value is -1.26. The fraction of sp³-hybridized carbons (Fsp3) is 0.312. The zero-order chi connectivity index (χ0) is 14.4.